The summed E-state index contributed by atoms with van der Waals surface area (Å²) in [5, 5.41) is 7.43. The van der Waals surface area contributed by atoms with E-state index in [2.05, 4.69) is 39.4 Å². The first-order valence-electron chi connectivity index (χ1n) is 7.80. The first-order valence-corrected chi connectivity index (χ1v) is 7.80. The van der Waals surface area contributed by atoms with E-state index in [1.54, 1.807) is 0 Å². The predicted octanol–water partition coefficient (Wildman–Crippen LogP) is 1.93. The van der Waals surface area contributed by atoms with E-state index in [0.717, 1.165) is 18.8 Å². The van der Waals surface area contributed by atoms with Gasteiger partial charge >= 0.3 is 0 Å². The van der Waals surface area contributed by atoms with E-state index in [0.29, 0.717) is 11.8 Å². The zero-order chi connectivity index (χ0) is 13.8. The Hall–Kier alpha value is -1.20. The molecule has 5 heteroatoms. The van der Waals surface area contributed by atoms with Gasteiger partial charge in [0.15, 0.2) is 5.82 Å². The standard InChI is InChI=1S/C15H24N4O/c1-2-8-19-9-5-12(6-10-19)11-14-17-15(20-18-14)13-4-3-7-16-13/h3-4,12-13,16H,2,5-11H2,1H3. The Labute approximate surface area is 120 Å². The topological polar surface area (TPSA) is 54.2 Å². The first-order chi connectivity index (χ1) is 9.85. The predicted molar refractivity (Wildman–Crippen MR) is 77.3 cm³/mol. The lowest BCUT2D eigenvalue weighted by Gasteiger charge is -2.31. The highest BCUT2D eigenvalue weighted by Crippen LogP contribution is 2.22. The number of hydrogen-bond donors (Lipinski definition) is 1. The van der Waals surface area contributed by atoms with Crippen LogP contribution >= 0.6 is 0 Å². The maximum Gasteiger partial charge on any atom is 0.247 e. The minimum Gasteiger partial charge on any atom is -0.337 e. The molecule has 0 spiro atoms. The van der Waals surface area contributed by atoms with Crippen molar-refractivity contribution in [3.05, 3.63) is 23.9 Å². The Morgan fingerprint density at radius 2 is 2.25 bits per heavy atom. The van der Waals surface area contributed by atoms with Crippen molar-refractivity contribution >= 4 is 0 Å². The summed E-state index contributed by atoms with van der Waals surface area (Å²) in [4.78, 5) is 7.10. The molecular formula is C15H24N4O. The molecule has 3 rings (SSSR count). The smallest absolute Gasteiger partial charge is 0.247 e. The third kappa shape index (κ3) is 3.27. The summed E-state index contributed by atoms with van der Waals surface area (Å²) in [6.07, 6.45) is 8.90. The summed E-state index contributed by atoms with van der Waals surface area (Å²) in [7, 11) is 0. The van der Waals surface area contributed by atoms with Gasteiger partial charge in [-0.05, 0) is 44.8 Å². The molecule has 0 bridgehead atoms. The molecule has 0 aromatic carbocycles. The zero-order valence-corrected chi connectivity index (χ0v) is 12.2. The van der Waals surface area contributed by atoms with E-state index >= 15 is 0 Å². The molecule has 0 saturated carbocycles. The fourth-order valence-electron chi connectivity index (χ4n) is 3.10. The van der Waals surface area contributed by atoms with Gasteiger partial charge in [0.2, 0.25) is 5.89 Å². The molecule has 0 amide bonds. The Morgan fingerprint density at radius 1 is 1.40 bits per heavy atom. The molecule has 1 N–H and O–H groups in total. The number of nitrogens with zero attached hydrogens (tertiary/aromatic N) is 3. The van der Waals surface area contributed by atoms with E-state index in [1.165, 1.54) is 38.9 Å². The fraction of sp³-hybridized carbons (Fsp3) is 0.733. The molecule has 1 unspecified atom stereocenters. The van der Waals surface area contributed by atoms with Crippen molar-refractivity contribution < 1.29 is 4.52 Å². The Morgan fingerprint density at radius 3 is 2.95 bits per heavy atom. The molecule has 0 aliphatic carbocycles. The van der Waals surface area contributed by atoms with Gasteiger partial charge in [-0.25, -0.2) is 0 Å². The van der Waals surface area contributed by atoms with Crippen molar-refractivity contribution in [2.75, 3.05) is 26.2 Å². The van der Waals surface area contributed by atoms with E-state index < -0.39 is 0 Å². The van der Waals surface area contributed by atoms with Crippen LogP contribution in [0.2, 0.25) is 0 Å². The van der Waals surface area contributed by atoms with E-state index in [1.807, 2.05) is 0 Å². The van der Waals surface area contributed by atoms with Gasteiger partial charge < -0.3 is 9.42 Å². The third-order valence-corrected chi connectivity index (χ3v) is 4.25. The molecule has 1 saturated heterocycles. The van der Waals surface area contributed by atoms with Crippen molar-refractivity contribution in [3.8, 4) is 0 Å². The molecule has 0 radical (unpaired) electrons. The van der Waals surface area contributed by atoms with E-state index in [9.17, 15) is 0 Å². The Kier molecular flexibility index (Phi) is 4.47. The highest BCUT2D eigenvalue weighted by atomic mass is 16.5. The second kappa shape index (κ2) is 6.50. The van der Waals surface area contributed by atoms with E-state index in [4.69, 9.17) is 4.52 Å². The van der Waals surface area contributed by atoms with Gasteiger partial charge in [-0.2, -0.15) is 4.98 Å². The van der Waals surface area contributed by atoms with Gasteiger partial charge in [0.1, 0.15) is 6.04 Å². The van der Waals surface area contributed by atoms with Crippen molar-refractivity contribution in [1.29, 1.82) is 0 Å². The van der Waals surface area contributed by atoms with Crippen LogP contribution in [0.1, 0.15) is 43.9 Å². The minimum atomic E-state index is 0.114. The van der Waals surface area contributed by atoms with Gasteiger partial charge in [0.25, 0.3) is 0 Å². The quantitative estimate of drug-likeness (QED) is 0.833. The van der Waals surface area contributed by atoms with Crippen LogP contribution < -0.4 is 5.32 Å². The molecule has 1 fully saturated rings. The van der Waals surface area contributed by atoms with Crippen molar-refractivity contribution in [1.82, 2.24) is 20.4 Å². The summed E-state index contributed by atoms with van der Waals surface area (Å²) in [6.45, 7) is 6.81. The van der Waals surface area contributed by atoms with Crippen LogP contribution in [0.5, 0.6) is 0 Å². The van der Waals surface area contributed by atoms with Crippen LogP contribution in [0, 0.1) is 5.92 Å². The minimum absolute atomic E-state index is 0.114. The Bertz CT molecular complexity index is 448. The zero-order valence-electron chi connectivity index (χ0n) is 12.2. The number of rotatable bonds is 5. The van der Waals surface area contributed by atoms with Crippen molar-refractivity contribution in [3.63, 3.8) is 0 Å². The molecule has 2 aliphatic rings. The number of likely N-dealkylation sites (tertiary alicyclic amines) is 1. The number of hydrogen-bond acceptors (Lipinski definition) is 5. The lowest BCUT2D eigenvalue weighted by Crippen LogP contribution is -2.34. The number of aromatic nitrogens is 2. The number of piperidine rings is 1. The average molecular weight is 276 g/mol. The second-order valence-corrected chi connectivity index (χ2v) is 5.85. The molecule has 20 heavy (non-hydrogen) atoms. The molecule has 3 heterocycles. The SMILES string of the molecule is CCCN1CCC(Cc2noc(C3C=CCN3)n2)CC1. The van der Waals surface area contributed by atoms with Crippen LogP contribution in [-0.4, -0.2) is 41.2 Å². The highest BCUT2D eigenvalue weighted by Gasteiger charge is 2.23. The van der Waals surface area contributed by atoms with Crippen LogP contribution in [0.15, 0.2) is 16.7 Å². The molecule has 1 atom stereocenters. The molecule has 5 nitrogen and oxygen atoms in total. The molecular weight excluding hydrogens is 252 g/mol. The second-order valence-electron chi connectivity index (χ2n) is 5.85. The fourth-order valence-corrected chi connectivity index (χ4v) is 3.10. The summed E-state index contributed by atoms with van der Waals surface area (Å²) in [6, 6.07) is 0.114. The van der Waals surface area contributed by atoms with Crippen molar-refractivity contribution in [2.24, 2.45) is 5.92 Å². The largest absolute Gasteiger partial charge is 0.337 e. The summed E-state index contributed by atoms with van der Waals surface area (Å²) >= 11 is 0. The molecule has 1 aromatic heterocycles. The lowest BCUT2D eigenvalue weighted by molar-refractivity contribution is 0.182. The maximum atomic E-state index is 5.36. The van der Waals surface area contributed by atoms with Gasteiger partial charge in [0.05, 0.1) is 0 Å². The maximum absolute atomic E-state index is 5.36. The van der Waals surface area contributed by atoms with Crippen LogP contribution in [0.4, 0.5) is 0 Å². The summed E-state index contributed by atoms with van der Waals surface area (Å²) < 4.78 is 5.36. The third-order valence-electron chi connectivity index (χ3n) is 4.25. The van der Waals surface area contributed by atoms with Gasteiger partial charge in [0, 0.05) is 13.0 Å². The average Bonchev–Trinajstić information content (AvgIpc) is 3.12. The van der Waals surface area contributed by atoms with Crippen LogP contribution in [-0.2, 0) is 6.42 Å². The highest BCUT2D eigenvalue weighted by molar-refractivity contribution is 5.10. The van der Waals surface area contributed by atoms with Gasteiger partial charge in [-0.3, -0.25) is 5.32 Å². The molecule has 2 aliphatic heterocycles. The first kappa shape index (κ1) is 13.8. The van der Waals surface area contributed by atoms with Crippen LogP contribution in [0.25, 0.3) is 0 Å². The summed E-state index contributed by atoms with van der Waals surface area (Å²) in [5.41, 5.74) is 0. The van der Waals surface area contributed by atoms with Gasteiger partial charge in [-0.15, -0.1) is 0 Å². The normalized spacial score (nSPS) is 24.6. The van der Waals surface area contributed by atoms with Crippen molar-refractivity contribution in [2.45, 2.75) is 38.6 Å². The Balaban J connectivity index is 1.50. The number of nitrogens with one attached hydrogen (secondary N) is 1. The summed E-state index contributed by atoms with van der Waals surface area (Å²) in [5.74, 6) is 2.29. The lowest BCUT2D eigenvalue weighted by atomic mass is 9.93. The van der Waals surface area contributed by atoms with Crippen LogP contribution in [0.3, 0.4) is 0 Å². The molecule has 110 valence electrons. The van der Waals surface area contributed by atoms with E-state index in [-0.39, 0.29) is 6.04 Å². The van der Waals surface area contributed by atoms with Gasteiger partial charge in [-0.1, -0.05) is 24.2 Å². The monoisotopic (exact) mass is 276 g/mol. The molecule has 1 aromatic rings.